The zero-order chi connectivity index (χ0) is 8.27. The van der Waals surface area contributed by atoms with E-state index < -0.39 is 6.10 Å². The molecule has 0 radical (unpaired) electrons. The highest BCUT2D eigenvalue weighted by Gasteiger charge is 2.09. The van der Waals surface area contributed by atoms with Gasteiger partial charge in [0.2, 0.25) is 0 Å². The van der Waals surface area contributed by atoms with E-state index in [2.05, 4.69) is 4.98 Å². The molecule has 0 fully saturated rings. The van der Waals surface area contributed by atoms with Gasteiger partial charge >= 0.3 is 0 Å². The molecule has 0 aromatic carbocycles. The number of hydrogen-bond donors (Lipinski definition) is 2. The minimum absolute atomic E-state index is 0.176. The van der Waals surface area contributed by atoms with Crippen molar-refractivity contribution < 1.29 is 9.52 Å². The molecule has 0 saturated carbocycles. The SMILES string of the molecule is CCc1nc(C(O)CN)co1. The third-order valence-corrected chi connectivity index (χ3v) is 1.44. The number of aliphatic hydroxyl groups excluding tert-OH is 1. The van der Waals surface area contributed by atoms with Crippen molar-refractivity contribution >= 4 is 0 Å². The predicted octanol–water partition coefficient (Wildman–Crippen LogP) is 0.229. The van der Waals surface area contributed by atoms with Crippen LogP contribution in [0.25, 0.3) is 0 Å². The highest BCUT2D eigenvalue weighted by Crippen LogP contribution is 2.10. The van der Waals surface area contributed by atoms with Crippen molar-refractivity contribution in [3.63, 3.8) is 0 Å². The fourth-order valence-corrected chi connectivity index (χ4v) is 0.761. The second-order valence-electron chi connectivity index (χ2n) is 2.27. The molecular weight excluding hydrogens is 144 g/mol. The monoisotopic (exact) mass is 156 g/mol. The van der Waals surface area contributed by atoms with Crippen LogP contribution in [-0.2, 0) is 6.42 Å². The molecule has 1 atom stereocenters. The lowest BCUT2D eigenvalue weighted by Gasteiger charge is -1.99. The summed E-state index contributed by atoms with van der Waals surface area (Å²) >= 11 is 0. The molecule has 0 aliphatic heterocycles. The van der Waals surface area contributed by atoms with Gasteiger partial charge in [-0.15, -0.1) is 0 Å². The van der Waals surface area contributed by atoms with Crippen LogP contribution in [0.1, 0.15) is 24.6 Å². The van der Waals surface area contributed by atoms with E-state index in [0.717, 1.165) is 6.42 Å². The van der Waals surface area contributed by atoms with Crippen LogP contribution in [0, 0.1) is 0 Å². The fraction of sp³-hybridized carbons (Fsp3) is 0.571. The van der Waals surface area contributed by atoms with Crippen molar-refractivity contribution in [3.8, 4) is 0 Å². The van der Waals surface area contributed by atoms with Gasteiger partial charge in [0.15, 0.2) is 5.89 Å². The summed E-state index contributed by atoms with van der Waals surface area (Å²) in [5, 5.41) is 9.19. The second kappa shape index (κ2) is 3.50. The fourth-order valence-electron chi connectivity index (χ4n) is 0.761. The Hall–Kier alpha value is -0.870. The van der Waals surface area contributed by atoms with Gasteiger partial charge in [0.25, 0.3) is 0 Å². The predicted molar refractivity (Wildman–Crippen MR) is 39.9 cm³/mol. The number of nitrogens with two attached hydrogens (primary N) is 1. The first-order valence-electron chi connectivity index (χ1n) is 3.60. The van der Waals surface area contributed by atoms with E-state index in [4.69, 9.17) is 10.2 Å². The Balaban J connectivity index is 2.71. The van der Waals surface area contributed by atoms with Crippen LogP contribution in [0.2, 0.25) is 0 Å². The summed E-state index contributed by atoms with van der Waals surface area (Å²) < 4.78 is 5.01. The number of nitrogens with zero attached hydrogens (tertiary/aromatic N) is 1. The van der Waals surface area contributed by atoms with Crippen LogP contribution in [0.15, 0.2) is 10.7 Å². The maximum Gasteiger partial charge on any atom is 0.194 e. The third-order valence-electron chi connectivity index (χ3n) is 1.44. The van der Waals surface area contributed by atoms with Crippen molar-refractivity contribution in [3.05, 3.63) is 17.8 Å². The zero-order valence-electron chi connectivity index (χ0n) is 6.45. The molecule has 4 heteroatoms. The van der Waals surface area contributed by atoms with E-state index in [1.165, 1.54) is 6.26 Å². The smallest absolute Gasteiger partial charge is 0.194 e. The molecule has 1 aromatic rings. The van der Waals surface area contributed by atoms with E-state index in [1.807, 2.05) is 6.92 Å². The average Bonchev–Trinajstić information content (AvgIpc) is 2.50. The summed E-state index contributed by atoms with van der Waals surface area (Å²) in [6.45, 7) is 2.11. The molecule has 62 valence electrons. The number of hydrogen-bond acceptors (Lipinski definition) is 4. The molecule has 1 aromatic heterocycles. The van der Waals surface area contributed by atoms with E-state index in [0.29, 0.717) is 11.6 Å². The van der Waals surface area contributed by atoms with Gasteiger partial charge in [-0.1, -0.05) is 6.92 Å². The summed E-state index contributed by atoms with van der Waals surface area (Å²) in [7, 11) is 0. The Morgan fingerprint density at radius 1 is 1.82 bits per heavy atom. The molecule has 0 aliphatic rings. The van der Waals surface area contributed by atoms with Crippen LogP contribution in [0.5, 0.6) is 0 Å². The van der Waals surface area contributed by atoms with Crippen molar-refractivity contribution in [2.24, 2.45) is 5.73 Å². The highest BCUT2D eigenvalue weighted by atomic mass is 16.3. The summed E-state index contributed by atoms with van der Waals surface area (Å²) in [5.41, 5.74) is 5.74. The van der Waals surface area contributed by atoms with Crippen molar-refractivity contribution in [2.45, 2.75) is 19.4 Å². The lowest BCUT2D eigenvalue weighted by Crippen LogP contribution is -2.11. The molecule has 0 spiro atoms. The van der Waals surface area contributed by atoms with Gasteiger partial charge in [-0.05, 0) is 0 Å². The van der Waals surface area contributed by atoms with Crippen LogP contribution in [-0.4, -0.2) is 16.6 Å². The van der Waals surface area contributed by atoms with E-state index in [9.17, 15) is 5.11 Å². The summed E-state index contributed by atoms with van der Waals surface area (Å²) in [4.78, 5) is 4.00. The van der Waals surface area contributed by atoms with Gasteiger partial charge in [-0.2, -0.15) is 0 Å². The second-order valence-corrected chi connectivity index (χ2v) is 2.27. The molecule has 4 nitrogen and oxygen atoms in total. The van der Waals surface area contributed by atoms with Crippen molar-refractivity contribution in [1.82, 2.24) is 4.98 Å². The summed E-state index contributed by atoms with van der Waals surface area (Å²) in [5.74, 6) is 0.632. The molecule has 0 saturated heterocycles. The quantitative estimate of drug-likeness (QED) is 0.657. The van der Waals surface area contributed by atoms with Gasteiger partial charge in [0.1, 0.15) is 18.1 Å². The Bertz CT molecular complexity index is 222. The molecule has 0 aliphatic carbocycles. The Kier molecular flexibility index (Phi) is 2.62. The molecule has 1 rings (SSSR count). The van der Waals surface area contributed by atoms with Gasteiger partial charge < -0.3 is 15.3 Å². The number of aryl methyl sites for hydroxylation is 1. The summed E-state index contributed by atoms with van der Waals surface area (Å²) in [6.07, 6.45) is 1.48. The van der Waals surface area contributed by atoms with Gasteiger partial charge in [0.05, 0.1) is 0 Å². The first-order chi connectivity index (χ1) is 5.27. The molecule has 11 heavy (non-hydrogen) atoms. The molecule has 0 amide bonds. The highest BCUT2D eigenvalue weighted by molar-refractivity contribution is 5.00. The molecule has 1 unspecified atom stereocenters. The number of rotatable bonds is 3. The number of aromatic nitrogens is 1. The average molecular weight is 156 g/mol. The van der Waals surface area contributed by atoms with Gasteiger partial charge in [-0.3, -0.25) is 0 Å². The first-order valence-corrected chi connectivity index (χ1v) is 3.60. The Labute approximate surface area is 65.0 Å². The molecule has 3 N–H and O–H groups in total. The van der Waals surface area contributed by atoms with Crippen LogP contribution < -0.4 is 5.73 Å². The number of oxazole rings is 1. The minimum atomic E-state index is -0.695. The van der Waals surface area contributed by atoms with E-state index >= 15 is 0 Å². The first kappa shape index (κ1) is 8.23. The largest absolute Gasteiger partial charge is 0.449 e. The molecule has 0 bridgehead atoms. The molecule has 1 heterocycles. The van der Waals surface area contributed by atoms with Gasteiger partial charge in [0, 0.05) is 13.0 Å². The van der Waals surface area contributed by atoms with Crippen LogP contribution in [0.3, 0.4) is 0 Å². The Morgan fingerprint density at radius 3 is 3.00 bits per heavy atom. The van der Waals surface area contributed by atoms with Crippen LogP contribution in [0.4, 0.5) is 0 Å². The van der Waals surface area contributed by atoms with E-state index in [-0.39, 0.29) is 6.54 Å². The van der Waals surface area contributed by atoms with Crippen LogP contribution >= 0.6 is 0 Å². The lowest BCUT2D eigenvalue weighted by molar-refractivity contribution is 0.181. The van der Waals surface area contributed by atoms with Crippen molar-refractivity contribution in [2.75, 3.05) is 6.54 Å². The maximum absolute atomic E-state index is 9.19. The lowest BCUT2D eigenvalue weighted by atomic mass is 10.3. The summed E-state index contributed by atoms with van der Waals surface area (Å²) in [6, 6.07) is 0. The van der Waals surface area contributed by atoms with Gasteiger partial charge in [-0.25, -0.2) is 4.98 Å². The normalized spacial score (nSPS) is 13.4. The minimum Gasteiger partial charge on any atom is -0.449 e. The van der Waals surface area contributed by atoms with Crippen molar-refractivity contribution in [1.29, 1.82) is 0 Å². The number of aliphatic hydroxyl groups is 1. The maximum atomic E-state index is 9.19. The standard InChI is InChI=1S/C7H12N2O2/c1-2-7-9-5(4-11-7)6(10)3-8/h4,6,10H,2-3,8H2,1H3. The zero-order valence-corrected chi connectivity index (χ0v) is 6.45. The topological polar surface area (TPSA) is 72.3 Å². The third kappa shape index (κ3) is 1.78. The van der Waals surface area contributed by atoms with E-state index in [1.54, 1.807) is 0 Å². The Morgan fingerprint density at radius 2 is 2.55 bits per heavy atom. The molecular formula is C7H12N2O2.